The SMILES string of the molecule is C.C=C.CC(C)(C)c1cccc(C(C)(C)C)c1.CCC. The summed E-state index contributed by atoms with van der Waals surface area (Å²) in [7, 11) is 0. The second-order valence-electron chi connectivity index (χ2n) is 6.79. The van der Waals surface area contributed by atoms with Crippen LogP contribution in [0.1, 0.15) is 80.4 Å². The van der Waals surface area contributed by atoms with Crippen molar-refractivity contribution < 1.29 is 0 Å². The third kappa shape index (κ3) is 9.83. The highest BCUT2D eigenvalue weighted by molar-refractivity contribution is 5.32. The van der Waals surface area contributed by atoms with Gasteiger partial charge >= 0.3 is 0 Å². The van der Waals surface area contributed by atoms with Crippen molar-refractivity contribution >= 4 is 0 Å². The summed E-state index contributed by atoms with van der Waals surface area (Å²) in [4.78, 5) is 0. The zero-order valence-corrected chi connectivity index (χ0v) is 14.4. The van der Waals surface area contributed by atoms with Crippen LogP contribution in [-0.2, 0) is 10.8 Å². The molecule has 118 valence electrons. The molecule has 0 heterocycles. The summed E-state index contributed by atoms with van der Waals surface area (Å²) < 4.78 is 0. The summed E-state index contributed by atoms with van der Waals surface area (Å²) >= 11 is 0. The van der Waals surface area contributed by atoms with Crippen LogP contribution in [0, 0.1) is 0 Å². The number of benzene rings is 1. The van der Waals surface area contributed by atoms with E-state index in [0.717, 1.165) is 0 Å². The van der Waals surface area contributed by atoms with Crippen LogP contribution in [-0.4, -0.2) is 0 Å². The van der Waals surface area contributed by atoms with Crippen LogP contribution in [0.25, 0.3) is 0 Å². The highest BCUT2D eigenvalue weighted by atomic mass is 14.2. The molecule has 0 nitrogen and oxygen atoms in total. The van der Waals surface area contributed by atoms with Gasteiger partial charge in [0.1, 0.15) is 0 Å². The largest absolute Gasteiger partial charge is 0.106 e. The molecule has 0 fully saturated rings. The van der Waals surface area contributed by atoms with Gasteiger partial charge in [-0.15, -0.1) is 13.2 Å². The van der Waals surface area contributed by atoms with Gasteiger partial charge in [0, 0.05) is 0 Å². The smallest absolute Gasteiger partial charge is 0.0132 e. The van der Waals surface area contributed by atoms with Crippen LogP contribution >= 0.6 is 0 Å². The van der Waals surface area contributed by atoms with E-state index in [2.05, 4.69) is 92.8 Å². The molecule has 1 aromatic rings. The van der Waals surface area contributed by atoms with Crippen molar-refractivity contribution in [1.29, 1.82) is 0 Å². The number of hydrogen-bond donors (Lipinski definition) is 0. The summed E-state index contributed by atoms with van der Waals surface area (Å²) in [6, 6.07) is 8.94. The molecule has 0 spiro atoms. The lowest BCUT2D eigenvalue weighted by atomic mass is 9.81. The van der Waals surface area contributed by atoms with Gasteiger partial charge < -0.3 is 0 Å². The number of rotatable bonds is 0. The fourth-order valence-electron chi connectivity index (χ4n) is 1.45. The lowest BCUT2D eigenvalue weighted by Crippen LogP contribution is -2.15. The maximum absolute atomic E-state index is 3.00. The molecule has 0 aliphatic carbocycles. The summed E-state index contributed by atoms with van der Waals surface area (Å²) in [6.45, 7) is 23.8. The monoisotopic (exact) mass is 278 g/mol. The molecule has 0 atom stereocenters. The predicted molar refractivity (Wildman–Crippen MR) is 97.8 cm³/mol. The predicted octanol–water partition coefficient (Wildman–Crippen LogP) is 7.14. The van der Waals surface area contributed by atoms with Gasteiger partial charge in [0.15, 0.2) is 0 Å². The Kier molecular flexibility index (Phi) is 12.9. The standard InChI is InChI=1S/C14H22.C3H8.C2H4.CH4/c1-13(2,3)11-8-7-9-12(10-11)14(4,5)6;1-3-2;1-2;/h7-10H,1-6H3;3H2,1-2H3;1-2H2;1H4. The third-order valence-corrected chi connectivity index (χ3v) is 2.59. The van der Waals surface area contributed by atoms with E-state index in [1.54, 1.807) is 0 Å². The molecular weight excluding hydrogens is 240 g/mol. The van der Waals surface area contributed by atoms with Gasteiger partial charge in [0.05, 0.1) is 0 Å². The second kappa shape index (κ2) is 10.7. The van der Waals surface area contributed by atoms with E-state index in [1.165, 1.54) is 17.5 Å². The lowest BCUT2D eigenvalue weighted by Gasteiger charge is -2.24. The molecule has 0 unspecified atom stereocenters. The Morgan fingerprint density at radius 2 is 1.05 bits per heavy atom. The van der Waals surface area contributed by atoms with Crippen LogP contribution in [0.15, 0.2) is 37.4 Å². The minimum atomic E-state index is 0. The Morgan fingerprint density at radius 1 is 0.800 bits per heavy atom. The third-order valence-electron chi connectivity index (χ3n) is 2.59. The second-order valence-corrected chi connectivity index (χ2v) is 6.79. The molecule has 0 aromatic heterocycles. The zero-order chi connectivity index (χ0) is 15.7. The van der Waals surface area contributed by atoms with Crippen molar-refractivity contribution in [3.05, 3.63) is 48.6 Å². The molecule has 0 radical (unpaired) electrons. The van der Waals surface area contributed by atoms with Crippen molar-refractivity contribution in [2.24, 2.45) is 0 Å². The number of hydrogen-bond acceptors (Lipinski definition) is 0. The molecule has 0 saturated carbocycles. The molecule has 0 aliphatic rings. The van der Waals surface area contributed by atoms with Crippen LogP contribution in [0.3, 0.4) is 0 Å². The Labute approximate surface area is 129 Å². The van der Waals surface area contributed by atoms with Gasteiger partial charge in [0.2, 0.25) is 0 Å². The molecule has 0 heteroatoms. The van der Waals surface area contributed by atoms with Gasteiger partial charge in [-0.2, -0.15) is 0 Å². The molecule has 1 rings (SSSR count). The fourth-order valence-corrected chi connectivity index (χ4v) is 1.45. The van der Waals surface area contributed by atoms with E-state index in [1.807, 2.05) is 0 Å². The molecule has 0 aliphatic heterocycles. The fraction of sp³-hybridized carbons (Fsp3) is 0.600. The zero-order valence-electron chi connectivity index (χ0n) is 14.4. The van der Waals surface area contributed by atoms with E-state index >= 15 is 0 Å². The molecule has 1 aromatic carbocycles. The minimum Gasteiger partial charge on any atom is -0.106 e. The Morgan fingerprint density at radius 3 is 1.25 bits per heavy atom. The van der Waals surface area contributed by atoms with Crippen molar-refractivity contribution in [1.82, 2.24) is 0 Å². The molecule has 0 bridgehead atoms. The quantitative estimate of drug-likeness (QED) is 0.442. The highest BCUT2D eigenvalue weighted by Gasteiger charge is 2.18. The highest BCUT2D eigenvalue weighted by Crippen LogP contribution is 2.28. The van der Waals surface area contributed by atoms with Gasteiger partial charge in [-0.1, -0.05) is 93.5 Å². The average Bonchev–Trinajstić information content (AvgIpc) is 2.31. The molecule has 0 saturated heterocycles. The maximum atomic E-state index is 3.00. The van der Waals surface area contributed by atoms with E-state index < -0.39 is 0 Å². The van der Waals surface area contributed by atoms with E-state index in [9.17, 15) is 0 Å². The topological polar surface area (TPSA) is 0 Å². The first kappa shape index (κ1) is 24.0. The summed E-state index contributed by atoms with van der Waals surface area (Å²) in [5, 5.41) is 0. The summed E-state index contributed by atoms with van der Waals surface area (Å²) in [6.07, 6.45) is 1.25. The van der Waals surface area contributed by atoms with Crippen molar-refractivity contribution in [3.63, 3.8) is 0 Å². The normalized spacial score (nSPS) is 10.2. The van der Waals surface area contributed by atoms with Crippen LogP contribution in [0.5, 0.6) is 0 Å². The summed E-state index contributed by atoms with van der Waals surface area (Å²) in [5.74, 6) is 0. The molecule has 20 heavy (non-hydrogen) atoms. The van der Waals surface area contributed by atoms with Crippen LogP contribution in [0.4, 0.5) is 0 Å². The van der Waals surface area contributed by atoms with E-state index in [4.69, 9.17) is 0 Å². The minimum absolute atomic E-state index is 0. The van der Waals surface area contributed by atoms with Gasteiger partial charge in [-0.25, -0.2) is 0 Å². The Hall–Kier alpha value is -1.04. The lowest BCUT2D eigenvalue weighted by molar-refractivity contribution is 0.568. The van der Waals surface area contributed by atoms with E-state index in [-0.39, 0.29) is 18.3 Å². The molecule has 0 N–H and O–H groups in total. The Bertz CT molecular complexity index is 305. The first-order valence-corrected chi connectivity index (χ1v) is 7.24. The van der Waals surface area contributed by atoms with E-state index in [0.29, 0.717) is 0 Å². The average molecular weight is 279 g/mol. The molecular formula is C20H38. The summed E-state index contributed by atoms with van der Waals surface area (Å²) in [5.41, 5.74) is 3.34. The maximum Gasteiger partial charge on any atom is -0.0132 e. The van der Waals surface area contributed by atoms with Gasteiger partial charge in [-0.3, -0.25) is 0 Å². The van der Waals surface area contributed by atoms with Crippen molar-refractivity contribution in [3.8, 4) is 0 Å². The first-order valence-electron chi connectivity index (χ1n) is 7.24. The van der Waals surface area contributed by atoms with Crippen LogP contribution in [0.2, 0.25) is 0 Å². The van der Waals surface area contributed by atoms with Gasteiger partial charge in [0.25, 0.3) is 0 Å². The van der Waals surface area contributed by atoms with Crippen LogP contribution < -0.4 is 0 Å². The molecule has 0 amide bonds. The Balaban J connectivity index is -0.000000426. The van der Waals surface area contributed by atoms with Gasteiger partial charge in [-0.05, 0) is 22.0 Å². The van der Waals surface area contributed by atoms with Crippen molar-refractivity contribution in [2.75, 3.05) is 0 Å². The van der Waals surface area contributed by atoms with Crippen molar-refractivity contribution in [2.45, 2.75) is 80.1 Å². The first-order chi connectivity index (χ1) is 8.62.